The van der Waals surface area contributed by atoms with Crippen LogP contribution in [0.2, 0.25) is 0 Å². The van der Waals surface area contributed by atoms with Crippen molar-refractivity contribution in [3.63, 3.8) is 0 Å². The minimum Gasteiger partial charge on any atom is -0.493 e. The Bertz CT molecular complexity index is 1020. The maximum Gasteiger partial charge on any atom is 0.286 e. The molecule has 1 saturated heterocycles. The highest BCUT2D eigenvalue weighted by molar-refractivity contribution is 8.15. The van der Waals surface area contributed by atoms with Crippen LogP contribution in [0.25, 0.3) is 11.3 Å². The summed E-state index contributed by atoms with van der Waals surface area (Å²) in [6, 6.07) is 17.5. The fourth-order valence-electron chi connectivity index (χ4n) is 3.14. The van der Waals surface area contributed by atoms with Gasteiger partial charge in [-0.05, 0) is 31.0 Å². The number of imide groups is 1. The number of nitrogens with one attached hydrogen (secondary N) is 1. The lowest BCUT2D eigenvalue weighted by molar-refractivity contribution is -0.118. The molecule has 1 N–H and O–H groups in total. The number of thioether (sulfide) groups is 1. The second kappa shape index (κ2) is 8.53. The third-order valence-corrected chi connectivity index (χ3v) is 5.57. The maximum absolute atomic E-state index is 11.7. The molecule has 2 aromatic carbocycles. The van der Waals surface area contributed by atoms with Crippen LogP contribution in [-0.4, -0.2) is 28.0 Å². The van der Waals surface area contributed by atoms with Crippen molar-refractivity contribution in [1.82, 2.24) is 10.3 Å². The number of carbonyl (C=O) groups excluding carboxylic acids is 2. The maximum atomic E-state index is 11.7. The smallest absolute Gasteiger partial charge is 0.286 e. The van der Waals surface area contributed by atoms with Gasteiger partial charge in [0.1, 0.15) is 17.2 Å². The van der Waals surface area contributed by atoms with Gasteiger partial charge in [-0.15, -0.1) is 0 Å². The Balaban J connectivity index is 1.30. The van der Waals surface area contributed by atoms with Gasteiger partial charge in [0.15, 0.2) is 5.89 Å². The average Bonchev–Trinajstić information content (AvgIpc) is 3.25. The molecule has 3 aromatic rings. The van der Waals surface area contributed by atoms with Crippen LogP contribution in [0.5, 0.6) is 5.75 Å². The topological polar surface area (TPSA) is 81.4 Å². The highest BCUT2D eigenvalue weighted by atomic mass is 32.2. The predicted octanol–water partition coefficient (Wildman–Crippen LogP) is 4.17. The van der Waals surface area contributed by atoms with Crippen LogP contribution >= 0.6 is 11.8 Å². The van der Waals surface area contributed by atoms with E-state index in [0.29, 0.717) is 25.3 Å². The lowest BCUT2D eigenvalue weighted by Gasteiger charge is -2.08. The molecular formula is C22H20N2O4S. The molecule has 2 amide bonds. The van der Waals surface area contributed by atoms with Gasteiger partial charge in [-0.3, -0.25) is 14.9 Å². The molecule has 1 aliphatic rings. The molecule has 0 spiro atoms. The molecule has 0 aliphatic carbocycles. The zero-order valence-electron chi connectivity index (χ0n) is 15.9. The van der Waals surface area contributed by atoms with Gasteiger partial charge in [-0.25, -0.2) is 4.98 Å². The van der Waals surface area contributed by atoms with Crippen molar-refractivity contribution in [3.8, 4) is 17.0 Å². The molecule has 0 saturated carbocycles. The molecule has 1 atom stereocenters. The van der Waals surface area contributed by atoms with E-state index in [0.717, 1.165) is 40.1 Å². The Labute approximate surface area is 172 Å². The van der Waals surface area contributed by atoms with Crippen molar-refractivity contribution in [2.75, 3.05) is 6.61 Å². The van der Waals surface area contributed by atoms with Crippen LogP contribution in [-0.2, 0) is 17.6 Å². The average molecular weight is 408 g/mol. The van der Waals surface area contributed by atoms with Crippen molar-refractivity contribution in [3.05, 3.63) is 71.8 Å². The van der Waals surface area contributed by atoms with E-state index >= 15 is 0 Å². The number of hydrogen-bond donors (Lipinski definition) is 1. The Morgan fingerprint density at radius 2 is 1.86 bits per heavy atom. The normalized spacial score (nSPS) is 16.1. The summed E-state index contributed by atoms with van der Waals surface area (Å²) in [5, 5.41) is 1.66. The minimum absolute atomic E-state index is 0.226. The van der Waals surface area contributed by atoms with E-state index in [1.807, 2.05) is 61.5 Å². The van der Waals surface area contributed by atoms with Crippen LogP contribution in [0.1, 0.15) is 17.2 Å². The SMILES string of the molecule is Cc1oc(CCOc2ccc(CC3SC(=O)NC3=O)cc2)nc1-c1ccccc1. The number of carbonyl (C=O) groups is 2. The van der Waals surface area contributed by atoms with Gasteiger partial charge in [-0.1, -0.05) is 54.2 Å². The van der Waals surface area contributed by atoms with E-state index in [-0.39, 0.29) is 16.4 Å². The Kier molecular flexibility index (Phi) is 5.67. The first-order chi connectivity index (χ1) is 14.1. The summed E-state index contributed by atoms with van der Waals surface area (Å²) >= 11 is 1.04. The lowest BCUT2D eigenvalue weighted by atomic mass is 10.1. The molecule has 4 rings (SSSR count). The number of ether oxygens (including phenoxy) is 1. The van der Waals surface area contributed by atoms with Crippen molar-refractivity contribution in [2.24, 2.45) is 0 Å². The number of hydrogen-bond acceptors (Lipinski definition) is 6. The zero-order valence-corrected chi connectivity index (χ0v) is 16.7. The predicted molar refractivity (Wildman–Crippen MR) is 111 cm³/mol. The molecule has 1 aromatic heterocycles. The van der Waals surface area contributed by atoms with E-state index in [1.165, 1.54) is 0 Å². The first-order valence-electron chi connectivity index (χ1n) is 9.33. The first-order valence-corrected chi connectivity index (χ1v) is 10.2. The molecule has 1 aliphatic heterocycles. The van der Waals surface area contributed by atoms with E-state index in [1.54, 1.807) is 0 Å². The van der Waals surface area contributed by atoms with Gasteiger partial charge >= 0.3 is 0 Å². The summed E-state index contributed by atoms with van der Waals surface area (Å²) in [5.41, 5.74) is 2.88. The highest BCUT2D eigenvalue weighted by Crippen LogP contribution is 2.25. The number of amides is 2. The summed E-state index contributed by atoms with van der Waals surface area (Å²) in [5.74, 6) is 1.95. The first kappa shape index (κ1) is 19.3. The molecule has 6 nitrogen and oxygen atoms in total. The van der Waals surface area contributed by atoms with Crippen LogP contribution in [0.15, 0.2) is 59.0 Å². The van der Waals surface area contributed by atoms with Gasteiger partial charge in [0, 0.05) is 5.56 Å². The standard InChI is InChI=1S/C22H20N2O4S/c1-14-20(16-5-3-2-4-6-16)23-19(28-14)11-12-27-17-9-7-15(8-10-17)13-18-21(25)24-22(26)29-18/h2-10,18H,11-13H2,1H3,(H,24,25,26). The molecule has 1 unspecified atom stereocenters. The van der Waals surface area contributed by atoms with Gasteiger partial charge in [0.25, 0.3) is 5.24 Å². The number of aromatic nitrogens is 1. The van der Waals surface area contributed by atoms with Crippen LogP contribution in [0.4, 0.5) is 4.79 Å². The van der Waals surface area contributed by atoms with Gasteiger partial charge in [0.2, 0.25) is 5.91 Å². The van der Waals surface area contributed by atoms with Gasteiger partial charge in [0.05, 0.1) is 18.3 Å². The quantitative estimate of drug-likeness (QED) is 0.632. The van der Waals surface area contributed by atoms with Crippen molar-refractivity contribution in [2.45, 2.75) is 25.0 Å². The molecular weight excluding hydrogens is 388 g/mol. The number of aryl methyl sites for hydroxylation is 1. The lowest BCUT2D eigenvalue weighted by Crippen LogP contribution is -2.25. The molecule has 0 bridgehead atoms. The second-order valence-corrected chi connectivity index (χ2v) is 7.88. The third kappa shape index (κ3) is 4.68. The molecule has 1 fully saturated rings. The van der Waals surface area contributed by atoms with Crippen LogP contribution in [0, 0.1) is 6.92 Å². The third-order valence-electron chi connectivity index (χ3n) is 4.58. The zero-order chi connectivity index (χ0) is 20.2. The van der Waals surface area contributed by atoms with E-state index in [9.17, 15) is 9.59 Å². The van der Waals surface area contributed by atoms with E-state index < -0.39 is 0 Å². The van der Waals surface area contributed by atoms with Crippen molar-refractivity contribution < 1.29 is 18.7 Å². The molecule has 0 radical (unpaired) electrons. The molecule has 29 heavy (non-hydrogen) atoms. The molecule has 2 heterocycles. The summed E-state index contributed by atoms with van der Waals surface area (Å²) in [6.07, 6.45) is 1.08. The molecule has 7 heteroatoms. The van der Waals surface area contributed by atoms with E-state index in [4.69, 9.17) is 9.15 Å². The molecule has 148 valence electrons. The summed E-state index contributed by atoms with van der Waals surface area (Å²) in [7, 11) is 0. The summed E-state index contributed by atoms with van der Waals surface area (Å²) in [4.78, 5) is 27.5. The number of oxazole rings is 1. The number of nitrogens with zero attached hydrogens (tertiary/aromatic N) is 1. The highest BCUT2D eigenvalue weighted by Gasteiger charge is 2.31. The second-order valence-electron chi connectivity index (χ2n) is 6.71. The van der Waals surface area contributed by atoms with Gasteiger partial charge in [-0.2, -0.15) is 0 Å². The number of rotatable bonds is 7. The monoisotopic (exact) mass is 408 g/mol. The van der Waals surface area contributed by atoms with Gasteiger partial charge < -0.3 is 9.15 Å². The largest absolute Gasteiger partial charge is 0.493 e. The summed E-state index contributed by atoms with van der Waals surface area (Å²) in [6.45, 7) is 2.36. The fraction of sp³-hybridized carbons (Fsp3) is 0.227. The van der Waals surface area contributed by atoms with Crippen LogP contribution in [0.3, 0.4) is 0 Å². The Morgan fingerprint density at radius 3 is 2.55 bits per heavy atom. The Hall–Kier alpha value is -3.06. The van der Waals surface area contributed by atoms with E-state index in [2.05, 4.69) is 10.3 Å². The minimum atomic E-state index is -0.360. The van der Waals surface area contributed by atoms with Crippen molar-refractivity contribution in [1.29, 1.82) is 0 Å². The number of benzene rings is 2. The summed E-state index contributed by atoms with van der Waals surface area (Å²) < 4.78 is 11.5. The van der Waals surface area contributed by atoms with Crippen molar-refractivity contribution >= 4 is 22.9 Å². The fourth-order valence-corrected chi connectivity index (χ4v) is 4.00. The van der Waals surface area contributed by atoms with Crippen LogP contribution < -0.4 is 10.1 Å². The Morgan fingerprint density at radius 1 is 1.10 bits per heavy atom.